The molecule has 2 aromatic carbocycles. The zero-order valence-corrected chi connectivity index (χ0v) is 23.3. The van der Waals surface area contributed by atoms with Crippen LogP contribution in [0.15, 0.2) is 42.5 Å². The molecule has 2 aliphatic heterocycles. The Balaban J connectivity index is 1.61. The summed E-state index contributed by atoms with van der Waals surface area (Å²) in [6.45, 7) is 5.37. The van der Waals surface area contributed by atoms with Gasteiger partial charge in [0.15, 0.2) is 0 Å². The number of rotatable bonds is 14. The highest BCUT2D eigenvalue weighted by Gasteiger charge is 2.47. The Kier molecular flexibility index (Phi) is 10.2. The highest BCUT2D eigenvalue weighted by Crippen LogP contribution is 2.41. The predicted octanol–water partition coefficient (Wildman–Crippen LogP) is 3.71. The number of para-hydroxylation sites is 1. The lowest BCUT2D eigenvalue weighted by Gasteiger charge is -2.30. The fourth-order valence-electron chi connectivity index (χ4n) is 6.11. The number of fused-ring (bicyclic) bond motifs is 1. The van der Waals surface area contributed by atoms with Gasteiger partial charge in [0.25, 0.3) is 0 Å². The van der Waals surface area contributed by atoms with E-state index in [1.54, 1.807) is 7.11 Å². The summed E-state index contributed by atoms with van der Waals surface area (Å²) >= 11 is 0. The fraction of sp³-hybridized carbons (Fsp3) is 0.548. The third-order valence-corrected chi connectivity index (χ3v) is 8.18. The smallest absolute Gasteiger partial charge is 0.308 e. The minimum atomic E-state index is -0.817. The number of amides is 1. The van der Waals surface area contributed by atoms with Crippen molar-refractivity contribution in [2.24, 2.45) is 11.7 Å². The van der Waals surface area contributed by atoms with Crippen LogP contribution < -0.4 is 15.2 Å². The van der Waals surface area contributed by atoms with E-state index in [0.29, 0.717) is 45.6 Å². The molecule has 3 atom stereocenters. The highest BCUT2D eigenvalue weighted by atomic mass is 16.5. The summed E-state index contributed by atoms with van der Waals surface area (Å²) in [4.78, 5) is 30.4. The van der Waals surface area contributed by atoms with Crippen LogP contribution in [0.3, 0.4) is 0 Å². The molecule has 212 valence electrons. The summed E-state index contributed by atoms with van der Waals surface area (Å²) in [7, 11) is 1.65. The summed E-state index contributed by atoms with van der Waals surface area (Å²) < 4.78 is 11.2. The van der Waals surface area contributed by atoms with E-state index in [0.717, 1.165) is 53.9 Å². The maximum atomic E-state index is 13.6. The molecule has 1 amide bonds. The molecule has 0 aliphatic carbocycles. The molecule has 4 rings (SSSR count). The molecule has 8 nitrogen and oxygen atoms in total. The molecule has 0 radical (unpaired) electrons. The van der Waals surface area contributed by atoms with Crippen molar-refractivity contribution in [3.8, 4) is 11.5 Å². The number of benzene rings is 2. The molecule has 2 heterocycles. The second-order valence-electron chi connectivity index (χ2n) is 10.7. The molecule has 0 saturated carbocycles. The molecule has 0 aromatic heterocycles. The van der Waals surface area contributed by atoms with Gasteiger partial charge < -0.3 is 25.2 Å². The summed E-state index contributed by atoms with van der Waals surface area (Å²) in [5.41, 5.74) is 8.93. The number of aryl methyl sites for hydroxylation is 1. The van der Waals surface area contributed by atoms with Gasteiger partial charge in [-0.15, -0.1) is 0 Å². The Morgan fingerprint density at radius 1 is 1.18 bits per heavy atom. The minimum Gasteiger partial charge on any atom is -0.496 e. The number of carbonyl (C=O) groups excluding carboxylic acids is 1. The number of aliphatic carboxylic acids is 1. The number of nitrogens with two attached hydrogens (primary N) is 1. The van der Waals surface area contributed by atoms with E-state index in [1.165, 1.54) is 0 Å². The normalized spacial score (nSPS) is 20.4. The average Bonchev–Trinajstić information content (AvgIpc) is 3.56. The second-order valence-corrected chi connectivity index (χ2v) is 10.7. The highest BCUT2D eigenvalue weighted by molar-refractivity contribution is 5.79. The number of carboxylic acid groups (broad SMARTS) is 1. The van der Waals surface area contributed by atoms with Gasteiger partial charge in [-0.1, -0.05) is 43.7 Å². The van der Waals surface area contributed by atoms with E-state index in [-0.39, 0.29) is 24.4 Å². The summed E-state index contributed by atoms with van der Waals surface area (Å²) in [6, 6.07) is 13.7. The van der Waals surface area contributed by atoms with Crippen molar-refractivity contribution in [1.82, 2.24) is 9.80 Å². The molecule has 3 N–H and O–H groups in total. The monoisotopic (exact) mass is 537 g/mol. The van der Waals surface area contributed by atoms with E-state index in [1.807, 2.05) is 41.3 Å². The van der Waals surface area contributed by atoms with Crippen LogP contribution in [-0.2, 0) is 22.4 Å². The Labute approximate surface area is 232 Å². The number of carboxylic acids is 1. The van der Waals surface area contributed by atoms with Gasteiger partial charge >= 0.3 is 5.97 Å². The number of hydrogen-bond donors (Lipinski definition) is 2. The molecule has 0 bridgehead atoms. The molecule has 39 heavy (non-hydrogen) atoms. The molecule has 2 aromatic rings. The van der Waals surface area contributed by atoms with Crippen molar-refractivity contribution < 1.29 is 24.2 Å². The SMILES string of the molecule is CCCCN(CCCN)C(=O)CN1C[C@H](c2ccc3c(c2)CCO3)[C@@H](C(=O)O)[C@@H]1CCc1ccccc1OC. The van der Waals surface area contributed by atoms with E-state index < -0.39 is 11.9 Å². The standard InChI is InChI=1S/C31H43N3O5/c1-3-4-16-33(17-7-15-32)29(35)21-34-20-25(23-11-13-28-24(19-23)14-18-39-28)30(31(36)37)26(34)12-10-22-8-5-6-9-27(22)38-2/h5-6,8-9,11,13,19,25-26,30H,3-4,7,10,12,14-18,20-21,32H2,1-2H3,(H,36,37)/t25-,26+,30-/m1/s1. The van der Waals surface area contributed by atoms with E-state index in [2.05, 4.69) is 17.9 Å². The summed E-state index contributed by atoms with van der Waals surface area (Å²) in [5.74, 6) is 0.0783. The van der Waals surface area contributed by atoms with Crippen LogP contribution in [0.5, 0.6) is 11.5 Å². The molecule has 1 fully saturated rings. The molecule has 2 aliphatic rings. The lowest BCUT2D eigenvalue weighted by atomic mass is 9.83. The third kappa shape index (κ3) is 6.92. The number of methoxy groups -OCH3 is 1. The van der Waals surface area contributed by atoms with Crippen LogP contribution in [-0.4, -0.2) is 79.3 Å². The maximum absolute atomic E-state index is 13.6. The van der Waals surface area contributed by atoms with Gasteiger partial charge in [-0.3, -0.25) is 14.5 Å². The van der Waals surface area contributed by atoms with Crippen molar-refractivity contribution in [2.45, 2.75) is 57.4 Å². The molecule has 0 spiro atoms. The van der Waals surface area contributed by atoms with Crippen molar-refractivity contribution >= 4 is 11.9 Å². The number of hydrogen-bond acceptors (Lipinski definition) is 6. The summed E-state index contributed by atoms with van der Waals surface area (Å²) in [6.07, 6.45) is 4.81. The maximum Gasteiger partial charge on any atom is 0.308 e. The van der Waals surface area contributed by atoms with Gasteiger partial charge in [-0.25, -0.2) is 0 Å². The largest absolute Gasteiger partial charge is 0.496 e. The minimum absolute atomic E-state index is 0.0475. The van der Waals surface area contributed by atoms with E-state index in [9.17, 15) is 14.7 Å². The number of likely N-dealkylation sites (tertiary alicyclic amines) is 1. The first-order valence-electron chi connectivity index (χ1n) is 14.3. The van der Waals surface area contributed by atoms with Gasteiger partial charge in [0.1, 0.15) is 11.5 Å². The number of unbranched alkanes of at least 4 members (excludes halogenated alkanes) is 1. The van der Waals surface area contributed by atoms with Crippen LogP contribution >= 0.6 is 0 Å². The fourth-order valence-corrected chi connectivity index (χ4v) is 6.11. The van der Waals surface area contributed by atoms with Crippen LogP contribution in [0.1, 0.15) is 55.2 Å². The topological polar surface area (TPSA) is 105 Å². The predicted molar refractivity (Wildman–Crippen MR) is 151 cm³/mol. The van der Waals surface area contributed by atoms with Gasteiger partial charge in [0.05, 0.1) is 26.2 Å². The van der Waals surface area contributed by atoms with Gasteiger partial charge in [-0.05, 0) is 61.1 Å². The van der Waals surface area contributed by atoms with Crippen molar-refractivity contribution in [3.05, 3.63) is 59.2 Å². The molecular formula is C31H43N3O5. The van der Waals surface area contributed by atoms with Crippen molar-refractivity contribution in [3.63, 3.8) is 0 Å². The van der Waals surface area contributed by atoms with Gasteiger partial charge in [0, 0.05) is 38.0 Å². The first kappa shape index (κ1) is 28.9. The van der Waals surface area contributed by atoms with Crippen LogP contribution in [0.4, 0.5) is 0 Å². The van der Waals surface area contributed by atoms with Crippen LogP contribution in [0.25, 0.3) is 0 Å². The lowest BCUT2D eigenvalue weighted by molar-refractivity contribution is -0.143. The number of carbonyl (C=O) groups is 2. The molecule has 8 heteroatoms. The van der Waals surface area contributed by atoms with Crippen LogP contribution in [0.2, 0.25) is 0 Å². The third-order valence-electron chi connectivity index (χ3n) is 8.18. The van der Waals surface area contributed by atoms with Crippen molar-refractivity contribution in [2.75, 3.05) is 46.4 Å². The summed E-state index contributed by atoms with van der Waals surface area (Å²) in [5, 5.41) is 10.5. The van der Waals surface area contributed by atoms with Crippen molar-refractivity contribution in [1.29, 1.82) is 0 Å². The molecule has 0 unspecified atom stereocenters. The zero-order chi connectivity index (χ0) is 27.8. The Morgan fingerprint density at radius 2 is 1.97 bits per heavy atom. The first-order chi connectivity index (χ1) is 19.0. The Bertz CT molecular complexity index is 1120. The number of ether oxygens (including phenoxy) is 2. The van der Waals surface area contributed by atoms with E-state index >= 15 is 0 Å². The van der Waals surface area contributed by atoms with Crippen LogP contribution in [0, 0.1) is 5.92 Å². The lowest BCUT2D eigenvalue weighted by Crippen LogP contribution is -2.45. The Hall–Kier alpha value is -3.10. The Morgan fingerprint density at radius 3 is 2.72 bits per heavy atom. The molecular weight excluding hydrogens is 494 g/mol. The molecule has 1 saturated heterocycles. The van der Waals surface area contributed by atoms with Gasteiger partial charge in [-0.2, -0.15) is 0 Å². The number of nitrogens with zero attached hydrogens (tertiary/aromatic N) is 2. The quantitative estimate of drug-likeness (QED) is 0.379. The first-order valence-corrected chi connectivity index (χ1v) is 14.3. The average molecular weight is 538 g/mol. The zero-order valence-electron chi connectivity index (χ0n) is 23.3. The second kappa shape index (κ2) is 13.8. The van der Waals surface area contributed by atoms with E-state index in [4.69, 9.17) is 15.2 Å². The van der Waals surface area contributed by atoms with Gasteiger partial charge in [0.2, 0.25) is 5.91 Å².